The van der Waals surface area contributed by atoms with Gasteiger partial charge in [0.2, 0.25) is 0 Å². The van der Waals surface area contributed by atoms with Crippen molar-refractivity contribution in [1.82, 2.24) is 10.2 Å². The molecule has 0 saturated carbocycles. The van der Waals surface area contributed by atoms with Crippen LogP contribution in [0.4, 0.5) is 23.0 Å². The number of rotatable bonds is 2. The summed E-state index contributed by atoms with van der Waals surface area (Å²) in [5, 5.41) is 14.2. The quantitative estimate of drug-likeness (QED) is 0.670. The first kappa shape index (κ1) is 10.2. The predicted molar refractivity (Wildman–Crippen MR) is 62.8 cm³/mol. The highest BCUT2D eigenvalue weighted by atomic mass is 15.2. The SMILES string of the molecule is Cc1cccc(N=Nc2c(N)n[nH]c2N)c1. The molecule has 0 bridgehead atoms. The van der Waals surface area contributed by atoms with Crippen molar-refractivity contribution in [2.45, 2.75) is 6.92 Å². The van der Waals surface area contributed by atoms with Gasteiger partial charge in [-0.25, -0.2) is 0 Å². The van der Waals surface area contributed by atoms with Gasteiger partial charge in [0.25, 0.3) is 0 Å². The summed E-state index contributed by atoms with van der Waals surface area (Å²) < 4.78 is 0. The molecule has 6 heteroatoms. The van der Waals surface area contributed by atoms with Gasteiger partial charge in [0.15, 0.2) is 11.5 Å². The van der Waals surface area contributed by atoms with E-state index >= 15 is 0 Å². The van der Waals surface area contributed by atoms with Crippen LogP contribution in [-0.2, 0) is 0 Å². The molecule has 2 aromatic rings. The zero-order chi connectivity index (χ0) is 11.5. The van der Waals surface area contributed by atoms with E-state index in [1.54, 1.807) is 0 Å². The first-order valence-corrected chi connectivity index (χ1v) is 4.74. The second-order valence-electron chi connectivity index (χ2n) is 3.41. The maximum atomic E-state index is 5.58. The fraction of sp³-hybridized carbons (Fsp3) is 0.100. The lowest BCUT2D eigenvalue weighted by molar-refractivity contribution is 1.11. The molecule has 16 heavy (non-hydrogen) atoms. The Morgan fingerprint density at radius 2 is 2.06 bits per heavy atom. The Hall–Kier alpha value is -2.37. The average Bonchev–Trinajstić information content (AvgIpc) is 2.56. The zero-order valence-electron chi connectivity index (χ0n) is 8.81. The Bertz CT molecular complexity index is 508. The lowest BCUT2D eigenvalue weighted by atomic mass is 10.2. The van der Waals surface area contributed by atoms with Crippen molar-refractivity contribution in [1.29, 1.82) is 0 Å². The number of aryl methyl sites for hydroxylation is 1. The van der Waals surface area contributed by atoms with E-state index in [0.29, 0.717) is 11.5 Å². The second kappa shape index (κ2) is 4.01. The van der Waals surface area contributed by atoms with Crippen LogP contribution in [0.5, 0.6) is 0 Å². The summed E-state index contributed by atoms with van der Waals surface area (Å²) in [6.07, 6.45) is 0. The fourth-order valence-electron chi connectivity index (χ4n) is 1.27. The van der Waals surface area contributed by atoms with Gasteiger partial charge >= 0.3 is 0 Å². The Labute approximate surface area is 92.4 Å². The van der Waals surface area contributed by atoms with Gasteiger partial charge < -0.3 is 11.5 Å². The summed E-state index contributed by atoms with van der Waals surface area (Å²) in [7, 11) is 0. The summed E-state index contributed by atoms with van der Waals surface area (Å²) in [6, 6.07) is 7.66. The number of hydrogen-bond acceptors (Lipinski definition) is 5. The Balaban J connectivity index is 2.28. The monoisotopic (exact) mass is 216 g/mol. The summed E-state index contributed by atoms with van der Waals surface area (Å²) in [6.45, 7) is 1.99. The number of azo groups is 1. The van der Waals surface area contributed by atoms with Crippen LogP contribution in [0.3, 0.4) is 0 Å². The molecule has 0 unspecified atom stereocenters. The zero-order valence-corrected chi connectivity index (χ0v) is 8.81. The second-order valence-corrected chi connectivity index (χ2v) is 3.41. The van der Waals surface area contributed by atoms with Crippen molar-refractivity contribution in [3.63, 3.8) is 0 Å². The van der Waals surface area contributed by atoms with Gasteiger partial charge in [-0.1, -0.05) is 12.1 Å². The van der Waals surface area contributed by atoms with E-state index in [0.717, 1.165) is 11.3 Å². The minimum absolute atomic E-state index is 0.244. The normalized spacial score (nSPS) is 11.1. The molecule has 6 nitrogen and oxygen atoms in total. The Morgan fingerprint density at radius 1 is 1.25 bits per heavy atom. The Morgan fingerprint density at radius 3 is 2.69 bits per heavy atom. The van der Waals surface area contributed by atoms with E-state index in [9.17, 15) is 0 Å². The molecule has 0 atom stereocenters. The van der Waals surface area contributed by atoms with E-state index in [1.807, 2.05) is 31.2 Å². The summed E-state index contributed by atoms with van der Waals surface area (Å²) in [5.41, 5.74) is 13.4. The smallest absolute Gasteiger partial charge is 0.175 e. The van der Waals surface area contributed by atoms with Crippen LogP contribution in [-0.4, -0.2) is 10.2 Å². The molecule has 0 saturated heterocycles. The minimum atomic E-state index is 0.244. The molecule has 0 spiro atoms. The molecule has 0 aliphatic rings. The van der Waals surface area contributed by atoms with Gasteiger partial charge in [0.1, 0.15) is 5.82 Å². The van der Waals surface area contributed by atoms with Crippen molar-refractivity contribution >= 4 is 23.0 Å². The number of nitrogens with zero attached hydrogens (tertiary/aromatic N) is 3. The third kappa shape index (κ3) is 2.00. The van der Waals surface area contributed by atoms with Crippen LogP contribution in [0.25, 0.3) is 0 Å². The van der Waals surface area contributed by atoms with Crippen LogP contribution >= 0.6 is 0 Å². The lowest BCUT2D eigenvalue weighted by Gasteiger charge is -1.94. The van der Waals surface area contributed by atoms with Gasteiger partial charge in [0.05, 0.1) is 5.69 Å². The molecule has 0 aliphatic heterocycles. The van der Waals surface area contributed by atoms with Crippen LogP contribution < -0.4 is 11.5 Å². The van der Waals surface area contributed by atoms with E-state index < -0.39 is 0 Å². The molecule has 1 aromatic heterocycles. The summed E-state index contributed by atoms with van der Waals surface area (Å²) >= 11 is 0. The average molecular weight is 216 g/mol. The fourth-order valence-corrected chi connectivity index (χ4v) is 1.27. The van der Waals surface area contributed by atoms with Crippen LogP contribution in [0.15, 0.2) is 34.5 Å². The first-order valence-electron chi connectivity index (χ1n) is 4.74. The summed E-state index contributed by atoms with van der Waals surface area (Å²) in [4.78, 5) is 0. The number of nitrogen functional groups attached to an aromatic ring is 2. The molecule has 0 aliphatic carbocycles. The van der Waals surface area contributed by atoms with Gasteiger partial charge in [-0.15, -0.1) is 5.11 Å². The Kier molecular flexibility index (Phi) is 2.55. The molecule has 82 valence electrons. The first-order chi connectivity index (χ1) is 7.66. The van der Waals surface area contributed by atoms with Crippen molar-refractivity contribution in [2.75, 3.05) is 11.5 Å². The lowest BCUT2D eigenvalue weighted by Crippen LogP contribution is -1.84. The van der Waals surface area contributed by atoms with E-state index in [4.69, 9.17) is 11.5 Å². The molecule has 2 rings (SSSR count). The number of aromatic amines is 1. The summed E-state index contributed by atoms with van der Waals surface area (Å²) in [5.74, 6) is 0.558. The topological polar surface area (TPSA) is 105 Å². The van der Waals surface area contributed by atoms with Crippen molar-refractivity contribution in [2.24, 2.45) is 10.2 Å². The van der Waals surface area contributed by atoms with Gasteiger partial charge in [0, 0.05) is 0 Å². The molecular formula is C10H12N6. The maximum absolute atomic E-state index is 5.58. The molecule has 1 aromatic carbocycles. The molecule has 5 N–H and O–H groups in total. The third-order valence-corrected chi connectivity index (χ3v) is 2.06. The largest absolute Gasteiger partial charge is 0.382 e. The number of benzene rings is 1. The number of anilines is 2. The molecular weight excluding hydrogens is 204 g/mol. The van der Waals surface area contributed by atoms with E-state index in [1.165, 1.54) is 0 Å². The third-order valence-electron chi connectivity index (χ3n) is 2.06. The number of H-pyrrole nitrogens is 1. The molecule has 1 heterocycles. The van der Waals surface area contributed by atoms with Gasteiger partial charge in [-0.05, 0) is 24.6 Å². The van der Waals surface area contributed by atoms with E-state index in [2.05, 4.69) is 20.4 Å². The molecule has 0 fully saturated rings. The number of hydrogen-bond donors (Lipinski definition) is 3. The van der Waals surface area contributed by atoms with Crippen molar-refractivity contribution in [3.8, 4) is 0 Å². The standard InChI is InChI=1S/C10H12N6/c1-6-3-2-4-7(5-6)13-14-8-9(11)15-16-10(8)12/h2-5H,1H3,(H5,11,12,15,16). The highest BCUT2D eigenvalue weighted by Gasteiger charge is 2.05. The van der Waals surface area contributed by atoms with Crippen LogP contribution in [0, 0.1) is 6.92 Å². The van der Waals surface area contributed by atoms with Gasteiger partial charge in [-0.3, -0.25) is 5.10 Å². The highest BCUT2D eigenvalue weighted by Crippen LogP contribution is 2.28. The van der Waals surface area contributed by atoms with Gasteiger partial charge in [-0.2, -0.15) is 10.2 Å². The number of nitrogens with two attached hydrogens (primary N) is 2. The van der Waals surface area contributed by atoms with Crippen molar-refractivity contribution in [3.05, 3.63) is 29.8 Å². The molecule has 0 radical (unpaired) electrons. The van der Waals surface area contributed by atoms with Crippen LogP contribution in [0.2, 0.25) is 0 Å². The van der Waals surface area contributed by atoms with E-state index in [-0.39, 0.29) is 5.82 Å². The minimum Gasteiger partial charge on any atom is -0.382 e. The number of aromatic nitrogens is 2. The van der Waals surface area contributed by atoms with Crippen LogP contribution in [0.1, 0.15) is 5.56 Å². The number of nitrogens with one attached hydrogen (secondary N) is 1. The van der Waals surface area contributed by atoms with Crippen molar-refractivity contribution < 1.29 is 0 Å². The highest BCUT2D eigenvalue weighted by molar-refractivity contribution is 5.70. The molecule has 0 amide bonds. The predicted octanol–water partition coefficient (Wildman–Crippen LogP) is 2.30. The maximum Gasteiger partial charge on any atom is 0.175 e.